The molecule has 0 aliphatic heterocycles. The van der Waals surface area contributed by atoms with Gasteiger partial charge in [0.2, 0.25) is 0 Å². The fourth-order valence-corrected chi connectivity index (χ4v) is 1.58. The van der Waals surface area contributed by atoms with E-state index in [2.05, 4.69) is 27.8 Å². The molecule has 0 bridgehead atoms. The Morgan fingerprint density at radius 3 is 2.88 bits per heavy atom. The van der Waals surface area contributed by atoms with E-state index < -0.39 is 0 Å². The maximum atomic E-state index is 11.3. The second-order valence-electron chi connectivity index (χ2n) is 3.22. The molecule has 0 aliphatic rings. The molecule has 0 spiro atoms. The van der Waals surface area contributed by atoms with E-state index in [0.29, 0.717) is 24.3 Å². The summed E-state index contributed by atoms with van der Waals surface area (Å²) in [6, 6.07) is 5.39. The summed E-state index contributed by atoms with van der Waals surface area (Å²) >= 11 is 3.35. The Morgan fingerprint density at radius 1 is 1.50 bits per heavy atom. The lowest BCUT2D eigenvalue weighted by molar-refractivity contribution is 0.101. The average molecular weight is 281 g/mol. The molecule has 0 saturated carbocycles. The molecule has 3 heteroatoms. The lowest BCUT2D eigenvalue weighted by Gasteiger charge is -2.08. The van der Waals surface area contributed by atoms with Crippen molar-refractivity contribution in [3.8, 4) is 17.6 Å². The molecule has 2 nitrogen and oxygen atoms in total. The lowest BCUT2D eigenvalue weighted by atomic mass is 10.1. The number of ether oxygens (including phenoxy) is 1. The zero-order valence-electron chi connectivity index (χ0n) is 9.34. The van der Waals surface area contributed by atoms with Crippen LogP contribution in [0, 0.1) is 11.8 Å². The summed E-state index contributed by atoms with van der Waals surface area (Å²) in [6.07, 6.45) is 0.667. The predicted molar refractivity (Wildman–Crippen MR) is 67.7 cm³/mol. The Kier molecular flexibility index (Phi) is 5.07. The van der Waals surface area contributed by atoms with Gasteiger partial charge in [0.1, 0.15) is 5.75 Å². The molecule has 0 aliphatic carbocycles. The minimum absolute atomic E-state index is 0.00377. The van der Waals surface area contributed by atoms with Crippen molar-refractivity contribution < 1.29 is 9.53 Å². The third-order valence-corrected chi connectivity index (χ3v) is 2.48. The number of hydrogen-bond donors (Lipinski definition) is 0. The Hall–Kier alpha value is -1.27. The van der Waals surface area contributed by atoms with Crippen molar-refractivity contribution >= 4 is 21.7 Å². The van der Waals surface area contributed by atoms with Gasteiger partial charge in [-0.25, -0.2) is 0 Å². The van der Waals surface area contributed by atoms with E-state index >= 15 is 0 Å². The molecule has 0 unspecified atom stereocenters. The van der Waals surface area contributed by atoms with Crippen LogP contribution in [0.3, 0.4) is 0 Å². The summed E-state index contributed by atoms with van der Waals surface area (Å²) in [6.45, 7) is 3.82. The second-order valence-corrected chi connectivity index (χ2v) is 4.14. The van der Waals surface area contributed by atoms with Crippen molar-refractivity contribution in [2.75, 3.05) is 6.61 Å². The van der Waals surface area contributed by atoms with Crippen LogP contribution < -0.4 is 4.74 Å². The summed E-state index contributed by atoms with van der Waals surface area (Å²) in [7, 11) is 0. The molecular weight excluding hydrogens is 268 g/mol. The second kappa shape index (κ2) is 6.34. The topological polar surface area (TPSA) is 26.3 Å². The van der Waals surface area contributed by atoms with Gasteiger partial charge >= 0.3 is 0 Å². The maximum absolute atomic E-state index is 11.3. The van der Waals surface area contributed by atoms with Gasteiger partial charge in [0.05, 0.1) is 12.2 Å². The van der Waals surface area contributed by atoms with E-state index in [1.165, 1.54) is 6.92 Å². The number of hydrogen-bond acceptors (Lipinski definition) is 2. The number of carbonyl (C=O) groups is 1. The van der Waals surface area contributed by atoms with Crippen LogP contribution >= 0.6 is 15.9 Å². The number of carbonyl (C=O) groups excluding carboxylic acids is 1. The fourth-order valence-electron chi connectivity index (χ4n) is 1.24. The van der Waals surface area contributed by atoms with E-state index in [4.69, 9.17) is 4.74 Å². The van der Waals surface area contributed by atoms with Crippen LogP contribution in [0.2, 0.25) is 0 Å². The molecule has 0 heterocycles. The molecule has 16 heavy (non-hydrogen) atoms. The van der Waals surface area contributed by atoms with Gasteiger partial charge in [0.25, 0.3) is 0 Å². The minimum Gasteiger partial charge on any atom is -0.492 e. The zero-order valence-corrected chi connectivity index (χ0v) is 10.9. The molecule has 0 fully saturated rings. The summed E-state index contributed by atoms with van der Waals surface area (Å²) in [5.74, 6) is 6.32. The van der Waals surface area contributed by atoms with Crippen molar-refractivity contribution in [1.82, 2.24) is 0 Å². The van der Waals surface area contributed by atoms with Crippen LogP contribution in [0.1, 0.15) is 30.6 Å². The highest BCUT2D eigenvalue weighted by Crippen LogP contribution is 2.24. The van der Waals surface area contributed by atoms with Crippen LogP contribution in [0.5, 0.6) is 5.75 Å². The molecule has 0 atom stereocenters. The zero-order chi connectivity index (χ0) is 12.0. The molecule has 0 N–H and O–H groups in total. The van der Waals surface area contributed by atoms with E-state index in [1.807, 2.05) is 6.07 Å². The quantitative estimate of drug-likeness (QED) is 0.480. The van der Waals surface area contributed by atoms with E-state index in [9.17, 15) is 4.79 Å². The number of halogens is 1. The molecule has 1 rings (SSSR count). The van der Waals surface area contributed by atoms with Gasteiger partial charge in [0, 0.05) is 10.9 Å². The predicted octanol–water partition coefficient (Wildman–Crippen LogP) is 3.44. The highest BCUT2D eigenvalue weighted by atomic mass is 79.9. The van der Waals surface area contributed by atoms with Gasteiger partial charge in [0.15, 0.2) is 5.78 Å². The first-order valence-corrected chi connectivity index (χ1v) is 5.77. The number of Topliss-reactive ketones (excluding diaryl/α,β-unsaturated/α-hetero) is 1. The molecule has 1 aromatic carbocycles. The molecule has 0 radical (unpaired) electrons. The van der Waals surface area contributed by atoms with Gasteiger partial charge in [-0.1, -0.05) is 15.9 Å². The standard InChI is InChI=1S/C13H13BrO2/c1-3-4-5-8-16-13-9-11(14)6-7-12(13)10(2)15/h6-7,9H,5,8H2,1-2H3. The molecule has 0 amide bonds. The fraction of sp³-hybridized carbons (Fsp3) is 0.308. The number of benzene rings is 1. The largest absolute Gasteiger partial charge is 0.492 e. The highest BCUT2D eigenvalue weighted by molar-refractivity contribution is 9.10. The monoisotopic (exact) mass is 280 g/mol. The van der Waals surface area contributed by atoms with Gasteiger partial charge in [-0.3, -0.25) is 4.79 Å². The van der Waals surface area contributed by atoms with Gasteiger partial charge in [-0.15, -0.1) is 11.8 Å². The molecule has 0 aromatic heterocycles. The molecule has 84 valence electrons. The third kappa shape index (κ3) is 3.71. The van der Waals surface area contributed by atoms with Crippen molar-refractivity contribution in [3.63, 3.8) is 0 Å². The van der Waals surface area contributed by atoms with Crippen molar-refractivity contribution in [2.45, 2.75) is 20.3 Å². The SMILES string of the molecule is CC#CCCOc1cc(Br)ccc1C(C)=O. The maximum Gasteiger partial charge on any atom is 0.163 e. The lowest BCUT2D eigenvalue weighted by Crippen LogP contribution is -2.02. The summed E-state index contributed by atoms with van der Waals surface area (Å²) < 4.78 is 6.43. The van der Waals surface area contributed by atoms with Crippen molar-refractivity contribution in [2.24, 2.45) is 0 Å². The van der Waals surface area contributed by atoms with Crippen molar-refractivity contribution in [3.05, 3.63) is 28.2 Å². The number of rotatable bonds is 4. The Balaban J connectivity index is 2.78. The molecular formula is C13H13BrO2. The van der Waals surface area contributed by atoms with E-state index in [-0.39, 0.29) is 5.78 Å². The van der Waals surface area contributed by atoms with E-state index in [0.717, 1.165) is 4.47 Å². The van der Waals surface area contributed by atoms with Crippen LogP contribution in [0.4, 0.5) is 0 Å². The van der Waals surface area contributed by atoms with Crippen LogP contribution in [0.15, 0.2) is 22.7 Å². The first kappa shape index (κ1) is 12.8. The van der Waals surface area contributed by atoms with Gasteiger partial charge in [-0.05, 0) is 32.0 Å². The van der Waals surface area contributed by atoms with E-state index in [1.54, 1.807) is 19.1 Å². The Labute approximate surface area is 104 Å². The third-order valence-electron chi connectivity index (χ3n) is 1.98. The smallest absolute Gasteiger partial charge is 0.163 e. The molecule has 0 saturated heterocycles. The van der Waals surface area contributed by atoms with Crippen LogP contribution in [-0.2, 0) is 0 Å². The Bertz CT molecular complexity index is 441. The summed E-state index contributed by atoms with van der Waals surface area (Å²) in [5, 5.41) is 0. The van der Waals surface area contributed by atoms with Gasteiger partial charge in [-0.2, -0.15) is 0 Å². The van der Waals surface area contributed by atoms with Crippen LogP contribution in [-0.4, -0.2) is 12.4 Å². The minimum atomic E-state index is 0.00377. The normalized spacial score (nSPS) is 9.19. The van der Waals surface area contributed by atoms with Crippen molar-refractivity contribution in [1.29, 1.82) is 0 Å². The number of ketones is 1. The van der Waals surface area contributed by atoms with Gasteiger partial charge < -0.3 is 4.74 Å². The average Bonchev–Trinajstić information content (AvgIpc) is 2.24. The summed E-state index contributed by atoms with van der Waals surface area (Å²) in [5.41, 5.74) is 0.604. The Morgan fingerprint density at radius 2 is 2.25 bits per heavy atom. The highest BCUT2D eigenvalue weighted by Gasteiger charge is 2.08. The molecule has 1 aromatic rings. The van der Waals surface area contributed by atoms with Crippen LogP contribution in [0.25, 0.3) is 0 Å². The first-order chi connectivity index (χ1) is 7.65. The first-order valence-electron chi connectivity index (χ1n) is 4.98. The summed E-state index contributed by atoms with van der Waals surface area (Å²) in [4.78, 5) is 11.3.